The molecule has 1 saturated heterocycles. The molecule has 0 spiro atoms. The summed E-state index contributed by atoms with van der Waals surface area (Å²) in [5, 5.41) is 45.2. The number of Topliss-reactive ketones (excluding diaryl/α,β-unsaturated/α-hetero) is 2. The van der Waals surface area contributed by atoms with Gasteiger partial charge in [-0.1, -0.05) is 6.42 Å². The van der Waals surface area contributed by atoms with Gasteiger partial charge in [0, 0.05) is 27.2 Å². The first-order chi connectivity index (χ1) is 17.9. The largest absolute Gasteiger partial charge is 0.510 e. The molecular formula is C27H32IN3O7. The number of benzene rings is 1. The number of hydrogen-bond donors (Lipinski definition) is 5. The van der Waals surface area contributed by atoms with Crippen molar-refractivity contribution in [1.29, 1.82) is 0 Å². The van der Waals surface area contributed by atoms with Gasteiger partial charge in [-0.3, -0.25) is 24.2 Å². The summed E-state index contributed by atoms with van der Waals surface area (Å²) in [5.74, 6) is -6.28. The third kappa shape index (κ3) is 3.89. The average Bonchev–Trinajstić information content (AvgIpc) is 2.84. The number of carbonyl (C=O) groups excluding carboxylic acids is 3. The van der Waals surface area contributed by atoms with Crippen LogP contribution in [0.5, 0.6) is 5.75 Å². The third-order valence-electron chi connectivity index (χ3n) is 8.59. The molecule has 3 aliphatic carbocycles. The number of aromatic hydroxyl groups is 1. The van der Waals surface area contributed by atoms with Crippen LogP contribution in [0.2, 0.25) is 0 Å². The molecule has 1 aliphatic heterocycles. The van der Waals surface area contributed by atoms with E-state index in [2.05, 4.69) is 27.5 Å². The summed E-state index contributed by atoms with van der Waals surface area (Å²) in [5.41, 5.74) is 3.15. The monoisotopic (exact) mass is 637 g/mol. The average molecular weight is 637 g/mol. The number of piperidine rings is 1. The molecule has 0 saturated carbocycles. The Balaban J connectivity index is 1.64. The first-order valence-electron chi connectivity index (χ1n) is 12.8. The fraction of sp³-hybridized carbons (Fsp3) is 0.519. The number of rotatable bonds is 4. The number of nitrogens with two attached hydrogens (primary N) is 1. The Morgan fingerprint density at radius 2 is 1.84 bits per heavy atom. The van der Waals surface area contributed by atoms with E-state index in [9.17, 15) is 34.8 Å². The van der Waals surface area contributed by atoms with Crippen LogP contribution in [0.4, 0.5) is 0 Å². The molecule has 5 rings (SSSR count). The number of likely N-dealkylation sites (N-methyl/N-ethyl adjacent to an activating group) is 1. The molecule has 0 aromatic heterocycles. The lowest BCUT2D eigenvalue weighted by Gasteiger charge is -2.50. The number of allylic oxidation sites excluding steroid dienone is 1. The second kappa shape index (κ2) is 9.61. The molecule has 10 nitrogen and oxygen atoms in total. The maximum atomic E-state index is 13.9. The molecule has 1 aromatic rings. The van der Waals surface area contributed by atoms with Gasteiger partial charge in [-0.05, 0) is 93.0 Å². The number of aliphatic hydroxyl groups excluding tert-OH is 2. The van der Waals surface area contributed by atoms with Crippen molar-refractivity contribution in [3.8, 4) is 5.75 Å². The molecule has 6 N–H and O–H groups in total. The fourth-order valence-electron chi connectivity index (χ4n) is 6.80. The summed E-state index contributed by atoms with van der Waals surface area (Å²) >= 11 is 2.16. The van der Waals surface area contributed by atoms with Gasteiger partial charge in [-0.25, -0.2) is 0 Å². The smallest absolute Gasteiger partial charge is 0.255 e. The normalized spacial score (nSPS) is 29.9. The summed E-state index contributed by atoms with van der Waals surface area (Å²) in [6, 6.07) is 0.893. The number of fused-ring (bicyclic) bond motifs is 3. The van der Waals surface area contributed by atoms with E-state index < -0.39 is 58.0 Å². The minimum Gasteiger partial charge on any atom is -0.510 e. The highest BCUT2D eigenvalue weighted by Crippen LogP contribution is 2.52. The number of phenolic OH excluding ortho intramolecular Hbond substituents is 1. The highest BCUT2D eigenvalue weighted by atomic mass is 127. The molecule has 0 bridgehead atoms. The minimum absolute atomic E-state index is 0.0738. The number of halogens is 1. The second-order valence-corrected chi connectivity index (χ2v) is 12.2. The summed E-state index contributed by atoms with van der Waals surface area (Å²) in [7, 11) is 3.22. The first kappa shape index (κ1) is 27.1. The molecule has 1 heterocycles. The van der Waals surface area contributed by atoms with Crippen molar-refractivity contribution in [3.05, 3.63) is 49.0 Å². The Morgan fingerprint density at radius 3 is 2.45 bits per heavy atom. The number of phenols is 1. The van der Waals surface area contributed by atoms with Crippen LogP contribution in [-0.4, -0.2) is 86.5 Å². The SMILES string of the molecule is CN(C)[C@@H]1C(O)=C(C(N)=O)C(=O)[C@@]2(O)C(O)=C3C(=O)c4c(O)c(CN5CCCCC5)cc(I)c4C[C@H]3C[C@@H]12. The van der Waals surface area contributed by atoms with Gasteiger partial charge in [0.25, 0.3) is 5.91 Å². The summed E-state index contributed by atoms with van der Waals surface area (Å²) in [4.78, 5) is 43.2. The van der Waals surface area contributed by atoms with Gasteiger partial charge in [-0.2, -0.15) is 0 Å². The zero-order valence-corrected chi connectivity index (χ0v) is 23.5. The van der Waals surface area contributed by atoms with Crippen molar-refractivity contribution in [2.75, 3.05) is 27.2 Å². The maximum Gasteiger partial charge on any atom is 0.255 e. The van der Waals surface area contributed by atoms with Crippen LogP contribution in [0.3, 0.4) is 0 Å². The Kier molecular flexibility index (Phi) is 6.86. The van der Waals surface area contributed by atoms with Crippen LogP contribution in [0, 0.1) is 15.4 Å². The highest BCUT2D eigenvalue weighted by molar-refractivity contribution is 14.1. The van der Waals surface area contributed by atoms with E-state index in [0.29, 0.717) is 24.1 Å². The first-order valence-corrected chi connectivity index (χ1v) is 13.9. The maximum absolute atomic E-state index is 13.9. The van der Waals surface area contributed by atoms with E-state index in [-0.39, 0.29) is 23.3 Å². The van der Waals surface area contributed by atoms with Crippen LogP contribution in [-0.2, 0) is 22.6 Å². The van der Waals surface area contributed by atoms with Crippen molar-refractivity contribution in [2.24, 2.45) is 17.6 Å². The van der Waals surface area contributed by atoms with Gasteiger partial charge in [0.05, 0.1) is 11.6 Å². The van der Waals surface area contributed by atoms with Gasteiger partial charge in [0.1, 0.15) is 22.8 Å². The Morgan fingerprint density at radius 1 is 1.18 bits per heavy atom. The zero-order valence-electron chi connectivity index (χ0n) is 21.3. The quantitative estimate of drug-likeness (QED) is 0.244. The van der Waals surface area contributed by atoms with Crippen LogP contribution in [0.1, 0.15) is 47.2 Å². The molecular weight excluding hydrogens is 605 g/mol. The number of carbonyl (C=O) groups is 3. The summed E-state index contributed by atoms with van der Waals surface area (Å²) in [6.07, 6.45) is 3.69. The number of amides is 1. The van der Waals surface area contributed by atoms with Crippen LogP contribution in [0.25, 0.3) is 0 Å². The van der Waals surface area contributed by atoms with E-state index in [0.717, 1.165) is 29.5 Å². The number of nitrogens with zero attached hydrogens (tertiary/aromatic N) is 2. The van der Waals surface area contributed by atoms with Crippen LogP contribution < -0.4 is 5.73 Å². The van der Waals surface area contributed by atoms with Crippen LogP contribution in [0.15, 0.2) is 28.7 Å². The molecule has 4 atom stereocenters. The van der Waals surface area contributed by atoms with E-state index >= 15 is 0 Å². The van der Waals surface area contributed by atoms with Crippen molar-refractivity contribution in [3.63, 3.8) is 0 Å². The second-order valence-electron chi connectivity index (χ2n) is 11.0. The van der Waals surface area contributed by atoms with Crippen molar-refractivity contribution in [1.82, 2.24) is 9.80 Å². The molecule has 38 heavy (non-hydrogen) atoms. The molecule has 0 unspecified atom stereocenters. The Bertz CT molecular complexity index is 1310. The van der Waals surface area contributed by atoms with E-state index in [1.165, 1.54) is 6.42 Å². The Hall–Kier alpha value is -2.48. The van der Waals surface area contributed by atoms with E-state index in [1.54, 1.807) is 19.0 Å². The zero-order chi connectivity index (χ0) is 27.7. The molecule has 1 aromatic carbocycles. The minimum atomic E-state index is -2.63. The van der Waals surface area contributed by atoms with E-state index in [1.807, 2.05) is 6.07 Å². The summed E-state index contributed by atoms with van der Waals surface area (Å²) in [6.45, 7) is 2.29. The molecule has 1 fully saturated rings. The molecule has 204 valence electrons. The summed E-state index contributed by atoms with van der Waals surface area (Å²) < 4.78 is 0.817. The predicted octanol–water partition coefficient (Wildman–Crippen LogP) is 1.71. The number of ketones is 2. The number of primary amides is 1. The standard InChI is InChI=1S/C27H32IN3O7/c1-30(2)20-15-9-12-8-14-16(28)10-13(11-31-6-4-3-5-7-31)21(32)18(14)22(33)17(12)24(35)27(15,38)25(36)19(23(20)34)26(29)37/h10,12,15,20,32,34-35,38H,3-9,11H2,1-2H3,(H2,29,37)/t12-,15-,20-,27-/m0/s1. The van der Waals surface area contributed by atoms with Gasteiger partial charge < -0.3 is 26.2 Å². The third-order valence-corrected chi connectivity index (χ3v) is 9.55. The van der Waals surface area contributed by atoms with Gasteiger partial charge in [-0.15, -0.1) is 0 Å². The predicted molar refractivity (Wildman–Crippen MR) is 146 cm³/mol. The molecule has 1 amide bonds. The number of likely N-dealkylation sites (tertiary alicyclic amines) is 1. The van der Waals surface area contributed by atoms with Gasteiger partial charge in [0.2, 0.25) is 5.78 Å². The van der Waals surface area contributed by atoms with Crippen molar-refractivity contribution >= 4 is 40.1 Å². The highest BCUT2D eigenvalue weighted by Gasteiger charge is 2.63. The van der Waals surface area contributed by atoms with Crippen molar-refractivity contribution in [2.45, 2.75) is 50.3 Å². The topological polar surface area (TPSA) is 165 Å². The van der Waals surface area contributed by atoms with Gasteiger partial charge in [0.15, 0.2) is 11.4 Å². The lowest BCUT2D eigenvalue weighted by atomic mass is 9.58. The van der Waals surface area contributed by atoms with Crippen LogP contribution >= 0.6 is 22.6 Å². The van der Waals surface area contributed by atoms with E-state index in [4.69, 9.17) is 5.73 Å². The lowest BCUT2D eigenvalue weighted by Crippen LogP contribution is -2.63. The van der Waals surface area contributed by atoms with Gasteiger partial charge >= 0.3 is 0 Å². The molecule has 0 radical (unpaired) electrons. The molecule has 4 aliphatic rings. The van der Waals surface area contributed by atoms with Crippen molar-refractivity contribution < 1.29 is 34.8 Å². The fourth-order valence-corrected chi connectivity index (χ4v) is 7.67. The molecule has 11 heteroatoms. The Labute approximate surface area is 233 Å². The number of aliphatic hydroxyl groups is 3. The number of hydrogen-bond acceptors (Lipinski definition) is 9. The lowest BCUT2D eigenvalue weighted by molar-refractivity contribution is -0.148.